The molecule has 0 aromatic rings. The van der Waals surface area contributed by atoms with Gasteiger partial charge in [-0.2, -0.15) is 0 Å². The summed E-state index contributed by atoms with van der Waals surface area (Å²) in [7, 11) is 0. The van der Waals surface area contributed by atoms with E-state index in [1.54, 1.807) is 0 Å². The second-order valence-electron chi connectivity index (χ2n) is 5.48. The molecule has 0 amide bonds. The second kappa shape index (κ2) is 18.5. The van der Waals surface area contributed by atoms with Crippen molar-refractivity contribution in [1.82, 2.24) is 0 Å². The van der Waals surface area contributed by atoms with Gasteiger partial charge in [0.1, 0.15) is 0 Å². The van der Waals surface area contributed by atoms with Gasteiger partial charge >= 0.3 is 0 Å². The Balaban J connectivity index is -0.000000350. The number of rotatable bonds is 8. The molecule has 2 N–H and O–H groups in total. The predicted molar refractivity (Wildman–Crippen MR) is 90.6 cm³/mol. The second-order valence-corrected chi connectivity index (χ2v) is 5.48. The van der Waals surface area contributed by atoms with Crippen LogP contribution in [0, 0.1) is 0 Å². The molecule has 0 aromatic heterocycles. The average molecular weight is 349 g/mol. The van der Waals surface area contributed by atoms with Crippen molar-refractivity contribution < 1.29 is 34.6 Å². The lowest BCUT2D eigenvalue weighted by atomic mass is 10.2. The molecule has 2 nitrogen and oxygen atoms in total. The summed E-state index contributed by atoms with van der Waals surface area (Å²) < 4.78 is 1.20. The highest BCUT2D eigenvalue weighted by molar-refractivity contribution is 4.73. The van der Waals surface area contributed by atoms with Crippen LogP contribution in [-0.4, -0.2) is 43.8 Å². The molecule has 0 unspecified atom stereocenters. The van der Waals surface area contributed by atoms with Gasteiger partial charge in [0.25, 0.3) is 0 Å². The van der Waals surface area contributed by atoms with E-state index in [0.29, 0.717) is 0 Å². The number of nitrogens with two attached hydrogens (primary N) is 1. The molecule has 0 bridgehead atoms. The molecule has 0 spiro atoms. The maximum atomic E-state index is 3.86. The summed E-state index contributed by atoms with van der Waals surface area (Å²) in [6.45, 7) is 21.7. The maximum absolute atomic E-state index is 3.86. The van der Waals surface area contributed by atoms with Crippen LogP contribution in [0.25, 0.3) is 0 Å². The molecule has 0 saturated carbocycles. The van der Waals surface area contributed by atoms with Crippen LogP contribution < -0.4 is 30.1 Å². The lowest BCUT2D eigenvalue weighted by Gasteiger charge is -2.35. The number of hydrogen-bond donors (Lipinski definition) is 1. The summed E-state index contributed by atoms with van der Waals surface area (Å²) in [4.78, 5) is 0. The molecule has 22 heavy (non-hydrogen) atoms. The third-order valence-electron chi connectivity index (χ3n) is 3.71. The minimum atomic E-state index is 0. The highest BCUT2D eigenvalue weighted by Crippen LogP contribution is 2.18. The van der Waals surface area contributed by atoms with Crippen LogP contribution in [0.3, 0.4) is 0 Å². The quantitative estimate of drug-likeness (QED) is 0.268. The normalized spacial score (nSPS) is 15.5. The van der Waals surface area contributed by atoms with Gasteiger partial charge in [-0.3, -0.25) is 0 Å². The van der Waals surface area contributed by atoms with Gasteiger partial charge in [0.05, 0.1) is 39.3 Å². The fraction of sp³-hybridized carbons (Fsp3) is 0.556. The van der Waals surface area contributed by atoms with Gasteiger partial charge in [0, 0.05) is 0 Å². The summed E-state index contributed by atoms with van der Waals surface area (Å²) in [5.41, 5.74) is 0. The van der Waals surface area contributed by atoms with Crippen LogP contribution in [0.5, 0.6) is 0 Å². The maximum Gasteiger partial charge on any atom is 0.0973 e. The van der Waals surface area contributed by atoms with E-state index < -0.39 is 0 Å². The minimum Gasteiger partial charge on any atom is -1.00 e. The number of quaternary nitrogens is 2. The molecule has 1 fully saturated rings. The zero-order chi connectivity index (χ0) is 15.1. The van der Waals surface area contributed by atoms with Crippen molar-refractivity contribution in [2.75, 3.05) is 39.3 Å². The van der Waals surface area contributed by atoms with Gasteiger partial charge in [0.2, 0.25) is 0 Å². The molecule has 1 aliphatic rings. The summed E-state index contributed by atoms with van der Waals surface area (Å²) in [6.07, 6.45) is 13.5. The third-order valence-corrected chi connectivity index (χ3v) is 3.71. The Morgan fingerprint density at radius 1 is 0.682 bits per heavy atom. The zero-order valence-corrected chi connectivity index (χ0v) is 15.5. The molecule has 1 heterocycles. The van der Waals surface area contributed by atoms with E-state index in [-0.39, 0.29) is 24.8 Å². The van der Waals surface area contributed by atoms with E-state index in [2.05, 4.69) is 43.8 Å². The molecular formula is C18H34Cl2N2. The van der Waals surface area contributed by atoms with Crippen molar-refractivity contribution in [2.24, 2.45) is 0 Å². The van der Waals surface area contributed by atoms with Crippen LogP contribution in [-0.2, 0) is 0 Å². The molecule has 1 aliphatic heterocycles. The van der Waals surface area contributed by atoms with Crippen molar-refractivity contribution in [3.8, 4) is 0 Å². The number of halogens is 2. The lowest BCUT2D eigenvalue weighted by molar-refractivity contribution is -0.916. The number of nitrogens with zero attached hydrogens (tertiary/aromatic N) is 1. The third kappa shape index (κ3) is 13.1. The number of hydrogen-bond acceptors (Lipinski definition) is 0. The molecule has 130 valence electrons. The van der Waals surface area contributed by atoms with E-state index in [0.717, 1.165) is 26.2 Å². The highest BCUT2D eigenvalue weighted by atomic mass is 35.5. The smallest absolute Gasteiger partial charge is 0.0973 e. The molecule has 4 heteroatoms. The van der Waals surface area contributed by atoms with Crippen LogP contribution in [0.1, 0.15) is 25.7 Å². The Morgan fingerprint density at radius 3 is 1.41 bits per heavy atom. The fourth-order valence-corrected chi connectivity index (χ4v) is 2.68. The standard InChI is InChI=1S/C12H22N.C6H11N.2ClH/c1-3-9-13(10-4-2)11-7-5-6-8-12-13;1-3-5-7-6-4-2;;/h3-4H,1-2,5-12H2;3-4,7H,1-2,5-6H2;2*1H/q+1;;;/p-1. The van der Waals surface area contributed by atoms with Gasteiger partial charge < -0.3 is 34.6 Å². The van der Waals surface area contributed by atoms with Crippen LogP contribution >= 0.6 is 0 Å². The number of likely N-dealkylation sites (tertiary alicyclic amines) is 1. The summed E-state index contributed by atoms with van der Waals surface area (Å²) in [5.74, 6) is 0. The van der Waals surface area contributed by atoms with Crippen molar-refractivity contribution in [3.05, 3.63) is 50.6 Å². The molecule has 1 saturated heterocycles. The van der Waals surface area contributed by atoms with E-state index in [1.807, 2.05) is 12.2 Å². The summed E-state index contributed by atoms with van der Waals surface area (Å²) in [5, 5.41) is 2.12. The van der Waals surface area contributed by atoms with Gasteiger partial charge in [-0.1, -0.05) is 26.3 Å². The van der Waals surface area contributed by atoms with Crippen LogP contribution in [0.15, 0.2) is 50.6 Å². The summed E-state index contributed by atoms with van der Waals surface area (Å²) >= 11 is 0. The van der Waals surface area contributed by atoms with Gasteiger partial charge in [-0.15, -0.1) is 0 Å². The Bertz CT molecular complexity index is 263. The first-order valence-electron chi connectivity index (χ1n) is 7.85. The first kappa shape index (κ1) is 26.4. The topological polar surface area (TPSA) is 16.6 Å². The highest BCUT2D eigenvalue weighted by Gasteiger charge is 2.25. The fourth-order valence-electron chi connectivity index (χ4n) is 2.68. The first-order chi connectivity index (χ1) is 9.74. The lowest BCUT2D eigenvalue weighted by Crippen LogP contribution is -3.00. The van der Waals surface area contributed by atoms with Crippen molar-refractivity contribution in [1.29, 1.82) is 0 Å². The first-order valence-corrected chi connectivity index (χ1v) is 7.85. The average Bonchev–Trinajstić information content (AvgIpc) is 2.67. The molecule has 0 atom stereocenters. The molecule has 1 rings (SSSR count). The van der Waals surface area contributed by atoms with Crippen LogP contribution in [0.4, 0.5) is 0 Å². The molecule has 0 aliphatic carbocycles. The van der Waals surface area contributed by atoms with E-state index in [4.69, 9.17) is 0 Å². The van der Waals surface area contributed by atoms with E-state index in [1.165, 1.54) is 43.3 Å². The van der Waals surface area contributed by atoms with E-state index in [9.17, 15) is 0 Å². The molecule has 0 radical (unpaired) electrons. The zero-order valence-electron chi connectivity index (χ0n) is 14.0. The largest absolute Gasteiger partial charge is 1.00 e. The van der Waals surface area contributed by atoms with Crippen molar-refractivity contribution in [3.63, 3.8) is 0 Å². The Morgan fingerprint density at radius 2 is 1.09 bits per heavy atom. The van der Waals surface area contributed by atoms with Crippen molar-refractivity contribution in [2.45, 2.75) is 25.7 Å². The summed E-state index contributed by atoms with van der Waals surface area (Å²) in [6, 6.07) is 0. The van der Waals surface area contributed by atoms with Gasteiger partial charge in [0.15, 0.2) is 0 Å². The van der Waals surface area contributed by atoms with Crippen LogP contribution in [0.2, 0.25) is 0 Å². The van der Waals surface area contributed by atoms with Crippen molar-refractivity contribution >= 4 is 0 Å². The Kier molecular flexibility index (Phi) is 22.2. The van der Waals surface area contributed by atoms with Gasteiger partial charge in [-0.05, 0) is 50.0 Å². The Labute approximate surface area is 150 Å². The molecule has 0 aromatic carbocycles. The molecular weight excluding hydrogens is 315 g/mol. The monoisotopic (exact) mass is 348 g/mol. The Hall–Kier alpha value is -0.540. The predicted octanol–water partition coefficient (Wildman–Crippen LogP) is -3.32. The van der Waals surface area contributed by atoms with Gasteiger partial charge in [-0.25, -0.2) is 0 Å². The van der Waals surface area contributed by atoms with E-state index >= 15 is 0 Å². The SMILES string of the molecule is C=CC[N+]1(CC=C)CCCCCC1.C=CC[NH2+]CC=C.[Cl-].[Cl-]. The minimum absolute atomic E-state index is 0.